The van der Waals surface area contributed by atoms with Crippen molar-refractivity contribution in [3.8, 4) is 0 Å². The predicted molar refractivity (Wildman–Crippen MR) is 91.1 cm³/mol. The van der Waals surface area contributed by atoms with Gasteiger partial charge in [-0.05, 0) is 6.42 Å². The first kappa shape index (κ1) is 16.8. The average Bonchev–Trinajstić information content (AvgIpc) is 3.29. The van der Waals surface area contributed by atoms with Gasteiger partial charge >= 0.3 is 0 Å². The largest absolute Gasteiger partial charge is 0.373 e. The highest BCUT2D eigenvalue weighted by Gasteiger charge is 2.82. The molecule has 0 unspecified atom stereocenters. The number of allylic oxidation sites excluding steroid dienone is 2. The number of carbonyl (C=O) groups excluding carboxylic acids is 2. The van der Waals surface area contributed by atoms with E-state index in [4.69, 9.17) is 56.0 Å². The first-order chi connectivity index (χ1) is 11.8. The van der Waals surface area contributed by atoms with Crippen molar-refractivity contribution in [2.75, 3.05) is 6.61 Å². The molecule has 2 aliphatic carbocycles. The van der Waals surface area contributed by atoms with Crippen LogP contribution in [0.5, 0.6) is 0 Å². The molecule has 5 rings (SSSR count). The summed E-state index contributed by atoms with van der Waals surface area (Å²) >= 11 is 26.4. The van der Waals surface area contributed by atoms with Gasteiger partial charge < -0.3 is 4.74 Å². The topological polar surface area (TPSA) is 55.8 Å². The van der Waals surface area contributed by atoms with Gasteiger partial charge in [0.15, 0.2) is 0 Å². The number of hydrogen-bond acceptors (Lipinski definition) is 4. The third-order valence-electron chi connectivity index (χ3n) is 6.29. The number of fused-ring (bicyclic) bond motifs is 12. The average molecular weight is 425 g/mol. The molecule has 134 valence electrons. The number of halogens is 4. The van der Waals surface area contributed by atoms with Crippen molar-refractivity contribution in [2.45, 2.75) is 28.4 Å². The molecule has 2 amide bonds. The van der Waals surface area contributed by atoms with E-state index in [-0.39, 0.29) is 18.4 Å². The molecule has 3 aliphatic heterocycles. The first-order valence-corrected chi connectivity index (χ1v) is 9.49. The number of amides is 2. The molecular formula is C16H13Cl4NO4. The van der Waals surface area contributed by atoms with Gasteiger partial charge in [0.1, 0.15) is 0 Å². The highest BCUT2D eigenvalue weighted by atomic mass is 35.5. The minimum absolute atomic E-state index is 0.0675. The quantitative estimate of drug-likeness (QED) is 0.397. The van der Waals surface area contributed by atoms with Crippen LogP contribution in [0, 0.1) is 23.7 Å². The number of carbonyl (C=O) groups is 2. The third kappa shape index (κ3) is 1.67. The maximum Gasteiger partial charge on any atom is 0.260 e. The molecule has 25 heavy (non-hydrogen) atoms. The zero-order chi connectivity index (χ0) is 17.9. The fourth-order valence-electron chi connectivity index (χ4n) is 5.52. The van der Waals surface area contributed by atoms with Gasteiger partial charge in [-0.2, -0.15) is 5.06 Å². The first-order valence-electron chi connectivity index (χ1n) is 7.98. The van der Waals surface area contributed by atoms with Crippen molar-refractivity contribution in [1.29, 1.82) is 0 Å². The summed E-state index contributed by atoms with van der Waals surface area (Å²) < 4.78 is 6.05. The van der Waals surface area contributed by atoms with Gasteiger partial charge in [-0.1, -0.05) is 29.3 Å². The van der Waals surface area contributed by atoms with E-state index in [0.29, 0.717) is 16.5 Å². The number of ether oxygens (including phenoxy) is 1. The molecule has 0 radical (unpaired) electrons. The summed E-state index contributed by atoms with van der Waals surface area (Å²) in [7, 11) is 0. The second kappa shape index (κ2) is 4.94. The molecule has 0 aromatic carbocycles. The summed E-state index contributed by atoms with van der Waals surface area (Å²) in [6.45, 7) is 3.59. The van der Waals surface area contributed by atoms with Crippen molar-refractivity contribution in [3.05, 3.63) is 22.7 Å². The van der Waals surface area contributed by atoms with Crippen molar-refractivity contribution in [1.82, 2.24) is 5.06 Å². The summed E-state index contributed by atoms with van der Waals surface area (Å²) in [6, 6.07) is 0. The van der Waals surface area contributed by atoms with Crippen molar-refractivity contribution in [2.24, 2.45) is 23.7 Å². The maximum absolute atomic E-state index is 12.7. The van der Waals surface area contributed by atoms with Crippen LogP contribution in [0.3, 0.4) is 0 Å². The summed E-state index contributed by atoms with van der Waals surface area (Å²) in [5, 5.41) is 1.49. The van der Waals surface area contributed by atoms with Crippen LogP contribution >= 0.6 is 46.4 Å². The summed E-state index contributed by atoms with van der Waals surface area (Å²) in [4.78, 5) is 28.8. The van der Waals surface area contributed by atoms with Crippen molar-refractivity contribution >= 4 is 58.2 Å². The molecule has 0 N–H and O–H groups in total. The van der Waals surface area contributed by atoms with Gasteiger partial charge in [-0.15, -0.1) is 29.8 Å². The highest BCUT2D eigenvalue weighted by Crippen LogP contribution is 2.75. The van der Waals surface area contributed by atoms with Crippen LogP contribution in [0.1, 0.15) is 6.42 Å². The standard InChI is InChI=1S/C16H13Cl4NO4/c1-2-3-24-21-13(22)5-6(14(21)23)10-8-7(9(5)25-10)15(19)4-16(8,20)12(18)11(15)17/h2,5-10H,1,3-4H2/t5-,6+,7-,8+,9+,10-,15-,16-/m0/s1. The Morgan fingerprint density at radius 1 is 1.12 bits per heavy atom. The zero-order valence-electron chi connectivity index (χ0n) is 12.8. The Balaban J connectivity index is 1.57. The molecule has 8 atom stereocenters. The monoisotopic (exact) mass is 423 g/mol. The molecule has 0 aromatic heterocycles. The Hall–Kier alpha value is -0.300. The Morgan fingerprint density at radius 2 is 1.60 bits per heavy atom. The van der Waals surface area contributed by atoms with Crippen LogP contribution in [-0.4, -0.2) is 45.4 Å². The Labute approximate surface area is 163 Å². The number of hydrogen-bond donors (Lipinski definition) is 0. The third-order valence-corrected chi connectivity index (χ3v) is 8.78. The van der Waals surface area contributed by atoms with Gasteiger partial charge in [-0.25, -0.2) is 0 Å². The van der Waals surface area contributed by atoms with E-state index >= 15 is 0 Å². The fraction of sp³-hybridized carbons (Fsp3) is 0.625. The SMILES string of the molecule is C=CCON1C(=O)[C@@H]2[C@H]3O[C@@H]([C@@H]2C1=O)[C@H]1[C@@H]3[C@@]2(Cl)C[C@@]1(Cl)C(Cl)=C2Cl. The molecule has 3 heterocycles. The summed E-state index contributed by atoms with van der Waals surface area (Å²) in [5.74, 6) is -2.57. The van der Waals surface area contributed by atoms with Gasteiger partial charge in [-0.3, -0.25) is 14.4 Å². The fourth-order valence-corrected chi connectivity index (χ4v) is 7.54. The molecule has 1 saturated carbocycles. The van der Waals surface area contributed by atoms with Gasteiger partial charge in [0, 0.05) is 11.8 Å². The number of alkyl halides is 2. The molecule has 5 nitrogen and oxygen atoms in total. The number of imide groups is 1. The second-order valence-corrected chi connectivity index (χ2v) is 9.36. The lowest BCUT2D eigenvalue weighted by molar-refractivity contribution is -0.189. The lowest BCUT2D eigenvalue weighted by Crippen LogP contribution is -2.50. The molecular weight excluding hydrogens is 412 g/mol. The van der Waals surface area contributed by atoms with Crippen molar-refractivity contribution < 1.29 is 19.2 Å². The molecule has 9 heteroatoms. The minimum atomic E-state index is -0.950. The number of hydroxylamine groups is 2. The van der Waals surface area contributed by atoms with Crippen LogP contribution in [-0.2, 0) is 19.2 Å². The van der Waals surface area contributed by atoms with Crippen LogP contribution < -0.4 is 0 Å². The van der Waals surface area contributed by atoms with E-state index in [0.717, 1.165) is 5.06 Å². The number of nitrogens with zero attached hydrogens (tertiary/aromatic N) is 1. The molecule has 4 bridgehead atoms. The Bertz CT molecular complexity index is 717. The highest BCUT2D eigenvalue weighted by molar-refractivity contribution is 6.51. The predicted octanol–water partition coefficient (Wildman–Crippen LogP) is 2.78. The van der Waals surface area contributed by atoms with Crippen LogP contribution in [0.2, 0.25) is 0 Å². The minimum Gasteiger partial charge on any atom is -0.373 e. The molecule has 4 fully saturated rings. The van der Waals surface area contributed by atoms with Gasteiger partial charge in [0.05, 0.1) is 50.5 Å². The number of rotatable bonds is 3. The van der Waals surface area contributed by atoms with Gasteiger partial charge in [0.2, 0.25) is 0 Å². The molecule has 0 aromatic rings. The normalized spacial score (nSPS) is 52.4. The van der Waals surface area contributed by atoms with Crippen LogP contribution in [0.25, 0.3) is 0 Å². The summed E-state index contributed by atoms with van der Waals surface area (Å²) in [6.07, 6.45) is 0.806. The Morgan fingerprint density at radius 3 is 2.04 bits per heavy atom. The molecule has 0 spiro atoms. The zero-order valence-corrected chi connectivity index (χ0v) is 15.8. The van der Waals surface area contributed by atoms with Crippen LogP contribution in [0.4, 0.5) is 0 Å². The molecule has 5 aliphatic rings. The van der Waals surface area contributed by atoms with E-state index in [9.17, 15) is 9.59 Å². The van der Waals surface area contributed by atoms with Crippen LogP contribution in [0.15, 0.2) is 22.7 Å². The second-order valence-electron chi connectivity index (χ2n) is 7.25. The Kier molecular flexibility index (Phi) is 3.33. The van der Waals surface area contributed by atoms with E-state index in [1.54, 1.807) is 0 Å². The molecule has 3 saturated heterocycles. The lowest BCUT2D eigenvalue weighted by atomic mass is 9.65. The maximum atomic E-state index is 12.7. The smallest absolute Gasteiger partial charge is 0.260 e. The lowest BCUT2D eigenvalue weighted by Gasteiger charge is -2.40. The van der Waals surface area contributed by atoms with Gasteiger partial charge in [0.25, 0.3) is 11.8 Å². The van der Waals surface area contributed by atoms with E-state index < -0.39 is 45.6 Å². The van der Waals surface area contributed by atoms with E-state index in [1.165, 1.54) is 6.08 Å². The van der Waals surface area contributed by atoms with E-state index in [2.05, 4.69) is 6.58 Å². The van der Waals surface area contributed by atoms with Crippen molar-refractivity contribution in [3.63, 3.8) is 0 Å². The summed E-state index contributed by atoms with van der Waals surface area (Å²) in [5.41, 5.74) is 0. The van der Waals surface area contributed by atoms with E-state index in [1.807, 2.05) is 0 Å².